The highest BCUT2D eigenvalue weighted by molar-refractivity contribution is 5.80. The number of carbonyl (C=O) groups excluding carboxylic acids is 1. The molecular formula is C13H20N2O2. The number of hydrogen-bond acceptors (Lipinski definition) is 3. The molecule has 1 amide bonds. The first kappa shape index (κ1) is 13.5. The Morgan fingerprint density at radius 3 is 2.76 bits per heavy atom. The fraction of sp³-hybridized carbons (Fsp3) is 0.462. The van der Waals surface area contributed by atoms with Gasteiger partial charge in [0.15, 0.2) is 0 Å². The molecule has 0 aromatic heterocycles. The Morgan fingerprint density at radius 1 is 1.47 bits per heavy atom. The zero-order chi connectivity index (χ0) is 12.8. The van der Waals surface area contributed by atoms with Gasteiger partial charge in [-0.3, -0.25) is 4.79 Å². The lowest BCUT2D eigenvalue weighted by molar-refractivity contribution is -0.120. The van der Waals surface area contributed by atoms with Gasteiger partial charge in [-0.05, 0) is 37.6 Å². The van der Waals surface area contributed by atoms with Crippen molar-refractivity contribution in [2.45, 2.75) is 26.8 Å². The number of primary amides is 1. The lowest BCUT2D eigenvalue weighted by Gasteiger charge is -2.16. The van der Waals surface area contributed by atoms with E-state index in [4.69, 9.17) is 10.5 Å². The maximum Gasteiger partial charge on any atom is 0.238 e. The standard InChI is InChI=1S/C13H20N2O2/c1-4-15-11(13(14)16)8-17-12-7-5-6-9(2)10(12)3/h5-7,11,15H,4,8H2,1-3H3,(H2,14,16). The molecule has 0 spiro atoms. The first-order valence-electron chi connectivity index (χ1n) is 5.78. The maximum atomic E-state index is 11.1. The molecule has 1 unspecified atom stereocenters. The van der Waals surface area contributed by atoms with Gasteiger partial charge in [0.25, 0.3) is 0 Å². The lowest BCUT2D eigenvalue weighted by atomic mass is 10.1. The minimum absolute atomic E-state index is 0.257. The van der Waals surface area contributed by atoms with Crippen molar-refractivity contribution in [3.05, 3.63) is 29.3 Å². The van der Waals surface area contributed by atoms with Crippen LogP contribution in [-0.2, 0) is 4.79 Å². The Bertz CT molecular complexity index is 391. The molecule has 0 aliphatic carbocycles. The third kappa shape index (κ3) is 3.75. The molecule has 4 nitrogen and oxygen atoms in total. The molecule has 0 saturated heterocycles. The van der Waals surface area contributed by atoms with Crippen LogP contribution >= 0.6 is 0 Å². The molecule has 3 N–H and O–H groups in total. The van der Waals surface area contributed by atoms with Crippen molar-refractivity contribution in [1.29, 1.82) is 0 Å². The Morgan fingerprint density at radius 2 is 2.18 bits per heavy atom. The van der Waals surface area contributed by atoms with E-state index in [1.54, 1.807) is 0 Å². The van der Waals surface area contributed by atoms with Gasteiger partial charge in [-0.25, -0.2) is 0 Å². The highest BCUT2D eigenvalue weighted by Gasteiger charge is 2.15. The largest absolute Gasteiger partial charge is 0.491 e. The monoisotopic (exact) mass is 236 g/mol. The number of likely N-dealkylation sites (N-methyl/N-ethyl adjacent to an activating group) is 1. The number of aryl methyl sites for hydroxylation is 1. The summed E-state index contributed by atoms with van der Waals surface area (Å²) in [5.41, 5.74) is 7.53. The minimum Gasteiger partial charge on any atom is -0.491 e. The van der Waals surface area contributed by atoms with Crippen LogP contribution in [0.4, 0.5) is 0 Å². The molecular weight excluding hydrogens is 216 g/mol. The fourth-order valence-corrected chi connectivity index (χ4v) is 1.54. The topological polar surface area (TPSA) is 64.3 Å². The minimum atomic E-state index is -0.445. The van der Waals surface area contributed by atoms with Gasteiger partial charge >= 0.3 is 0 Å². The van der Waals surface area contributed by atoms with Crippen LogP contribution in [0.3, 0.4) is 0 Å². The number of ether oxygens (including phenoxy) is 1. The summed E-state index contributed by atoms with van der Waals surface area (Å²) in [4.78, 5) is 11.1. The molecule has 1 aromatic carbocycles. The normalized spacial score (nSPS) is 12.2. The highest BCUT2D eigenvalue weighted by Crippen LogP contribution is 2.20. The number of rotatable bonds is 6. The molecule has 0 aliphatic heterocycles. The second-order valence-corrected chi connectivity index (χ2v) is 4.02. The van der Waals surface area contributed by atoms with Gasteiger partial charge in [0, 0.05) is 0 Å². The Labute approximate surface area is 102 Å². The molecule has 0 bridgehead atoms. The van der Waals surface area contributed by atoms with Crippen molar-refractivity contribution in [1.82, 2.24) is 5.32 Å². The van der Waals surface area contributed by atoms with Crippen LogP contribution in [0.2, 0.25) is 0 Å². The van der Waals surface area contributed by atoms with Crippen LogP contribution in [0.5, 0.6) is 5.75 Å². The third-order valence-corrected chi connectivity index (χ3v) is 2.75. The molecule has 1 rings (SSSR count). The van der Waals surface area contributed by atoms with Crippen LogP contribution in [0.15, 0.2) is 18.2 Å². The van der Waals surface area contributed by atoms with E-state index in [0.29, 0.717) is 6.54 Å². The van der Waals surface area contributed by atoms with E-state index in [0.717, 1.165) is 11.3 Å². The molecule has 1 aromatic rings. The van der Waals surface area contributed by atoms with E-state index >= 15 is 0 Å². The number of carbonyl (C=O) groups is 1. The van der Waals surface area contributed by atoms with E-state index in [1.165, 1.54) is 5.56 Å². The summed E-state index contributed by atoms with van der Waals surface area (Å²) in [6.07, 6.45) is 0. The maximum absolute atomic E-state index is 11.1. The molecule has 0 heterocycles. The number of amides is 1. The second kappa shape index (κ2) is 6.25. The Hall–Kier alpha value is -1.55. The quantitative estimate of drug-likeness (QED) is 0.778. The van der Waals surface area contributed by atoms with Crippen molar-refractivity contribution >= 4 is 5.91 Å². The van der Waals surface area contributed by atoms with E-state index in [1.807, 2.05) is 39.0 Å². The second-order valence-electron chi connectivity index (χ2n) is 4.02. The van der Waals surface area contributed by atoms with Gasteiger partial charge in [0.2, 0.25) is 5.91 Å². The average molecular weight is 236 g/mol. The number of nitrogens with two attached hydrogens (primary N) is 1. The van der Waals surface area contributed by atoms with Gasteiger partial charge in [-0.2, -0.15) is 0 Å². The molecule has 0 saturated carbocycles. The summed E-state index contributed by atoms with van der Waals surface area (Å²) in [6, 6.07) is 5.41. The first-order valence-corrected chi connectivity index (χ1v) is 5.78. The smallest absolute Gasteiger partial charge is 0.238 e. The van der Waals surface area contributed by atoms with Crippen LogP contribution < -0.4 is 15.8 Å². The molecule has 1 atom stereocenters. The summed E-state index contributed by atoms with van der Waals surface area (Å²) >= 11 is 0. The zero-order valence-corrected chi connectivity index (χ0v) is 10.6. The predicted molar refractivity (Wildman–Crippen MR) is 68.1 cm³/mol. The average Bonchev–Trinajstić information content (AvgIpc) is 2.29. The molecule has 0 aliphatic rings. The number of hydrogen-bond donors (Lipinski definition) is 2. The molecule has 94 valence electrons. The summed E-state index contributed by atoms with van der Waals surface area (Å²) in [7, 11) is 0. The highest BCUT2D eigenvalue weighted by atomic mass is 16.5. The van der Waals surface area contributed by atoms with Gasteiger partial charge in [0.1, 0.15) is 18.4 Å². The third-order valence-electron chi connectivity index (χ3n) is 2.75. The molecule has 0 radical (unpaired) electrons. The van der Waals surface area contributed by atoms with Crippen molar-refractivity contribution in [3.8, 4) is 5.75 Å². The SMILES string of the molecule is CCNC(COc1cccc(C)c1C)C(N)=O. The van der Waals surface area contributed by atoms with Gasteiger partial charge in [0.05, 0.1) is 0 Å². The van der Waals surface area contributed by atoms with E-state index in [2.05, 4.69) is 5.32 Å². The van der Waals surface area contributed by atoms with E-state index in [-0.39, 0.29) is 6.61 Å². The summed E-state index contributed by atoms with van der Waals surface area (Å²) in [5, 5.41) is 2.99. The number of nitrogens with one attached hydrogen (secondary N) is 1. The molecule has 0 fully saturated rings. The van der Waals surface area contributed by atoms with Gasteiger partial charge in [-0.15, -0.1) is 0 Å². The van der Waals surface area contributed by atoms with Gasteiger partial charge in [-0.1, -0.05) is 19.1 Å². The van der Waals surface area contributed by atoms with Crippen LogP contribution in [0, 0.1) is 13.8 Å². The summed E-state index contributed by atoms with van der Waals surface area (Å²) in [6.45, 7) is 6.89. The van der Waals surface area contributed by atoms with Crippen molar-refractivity contribution in [2.24, 2.45) is 5.73 Å². The summed E-state index contributed by atoms with van der Waals surface area (Å²) in [5.74, 6) is 0.409. The fourth-order valence-electron chi connectivity index (χ4n) is 1.54. The summed E-state index contributed by atoms with van der Waals surface area (Å²) < 4.78 is 5.63. The van der Waals surface area contributed by atoms with Gasteiger partial charge < -0.3 is 15.8 Å². The van der Waals surface area contributed by atoms with Crippen LogP contribution in [0.25, 0.3) is 0 Å². The van der Waals surface area contributed by atoms with E-state index in [9.17, 15) is 4.79 Å². The van der Waals surface area contributed by atoms with Crippen molar-refractivity contribution < 1.29 is 9.53 Å². The molecule has 17 heavy (non-hydrogen) atoms. The van der Waals surface area contributed by atoms with Crippen LogP contribution in [-0.4, -0.2) is 25.1 Å². The first-order chi connectivity index (χ1) is 8.06. The Balaban J connectivity index is 2.65. The predicted octanol–water partition coefficient (Wildman–Crippen LogP) is 1.15. The van der Waals surface area contributed by atoms with Crippen molar-refractivity contribution in [2.75, 3.05) is 13.2 Å². The Kier molecular flexibility index (Phi) is 4.97. The molecule has 4 heteroatoms. The zero-order valence-electron chi connectivity index (χ0n) is 10.6. The van der Waals surface area contributed by atoms with Crippen LogP contribution in [0.1, 0.15) is 18.1 Å². The van der Waals surface area contributed by atoms with Crippen molar-refractivity contribution in [3.63, 3.8) is 0 Å². The lowest BCUT2D eigenvalue weighted by Crippen LogP contribution is -2.45. The van der Waals surface area contributed by atoms with E-state index < -0.39 is 11.9 Å². The number of benzene rings is 1.